The molecule has 0 aliphatic carbocycles. The summed E-state index contributed by atoms with van der Waals surface area (Å²) in [5, 5.41) is 10.8. The van der Waals surface area contributed by atoms with Gasteiger partial charge in [0.2, 0.25) is 16.4 Å². The third kappa shape index (κ3) is 5.48. The molecule has 0 aromatic heterocycles. The van der Waals surface area contributed by atoms with E-state index in [1.165, 1.54) is 4.31 Å². The zero-order valence-corrected chi connectivity index (χ0v) is 17.3. The minimum atomic E-state index is -3.70. The van der Waals surface area contributed by atoms with Crippen molar-refractivity contribution in [2.24, 2.45) is 0 Å². The van der Waals surface area contributed by atoms with E-state index in [1.54, 1.807) is 42.5 Å². The molecule has 2 aromatic rings. The molecule has 1 atom stereocenters. The summed E-state index contributed by atoms with van der Waals surface area (Å²) in [6, 6.07) is 14.8. The Balaban J connectivity index is 1.64. The maximum Gasteiger partial charge on any atom is 0.233 e. The Bertz CT molecular complexity index is 917. The summed E-state index contributed by atoms with van der Waals surface area (Å²) in [6.07, 6.45) is 1.14. The van der Waals surface area contributed by atoms with Crippen molar-refractivity contribution in [1.82, 2.24) is 9.37 Å². The van der Waals surface area contributed by atoms with Gasteiger partial charge < -0.3 is 4.74 Å². The van der Waals surface area contributed by atoms with Crippen molar-refractivity contribution in [2.45, 2.75) is 25.0 Å². The summed E-state index contributed by atoms with van der Waals surface area (Å²) in [7, 11) is -3.70. The second kappa shape index (κ2) is 9.58. The SMILES string of the molecule is O=CN(O)C(CS(=O)(=O)N1CCC(Oc2ccccc2Cl)CC1)c1ccccc1. The molecule has 1 unspecified atom stereocenters. The Morgan fingerprint density at radius 1 is 1.14 bits per heavy atom. The standard InChI is InChI=1S/C20H23ClN2O5S/c21-18-8-4-5-9-20(18)28-17-10-12-22(13-11-17)29(26,27)14-19(23(25)15-24)16-6-2-1-3-7-16/h1-9,15,17,19,25H,10-14H2. The summed E-state index contributed by atoms with van der Waals surface area (Å²) in [5.74, 6) is 0.184. The van der Waals surface area contributed by atoms with Crippen LogP contribution in [-0.2, 0) is 14.8 Å². The number of nitrogens with zero attached hydrogens (tertiary/aromatic N) is 2. The van der Waals surface area contributed by atoms with Gasteiger partial charge in [-0.3, -0.25) is 10.0 Å². The fourth-order valence-corrected chi connectivity index (χ4v) is 5.23. The highest BCUT2D eigenvalue weighted by Crippen LogP contribution is 2.28. The van der Waals surface area contributed by atoms with E-state index in [0.29, 0.717) is 47.3 Å². The van der Waals surface area contributed by atoms with Crippen molar-refractivity contribution in [3.05, 3.63) is 65.2 Å². The van der Waals surface area contributed by atoms with Crippen LogP contribution in [0.3, 0.4) is 0 Å². The number of ether oxygens (including phenoxy) is 1. The van der Waals surface area contributed by atoms with Gasteiger partial charge in [0.05, 0.1) is 16.8 Å². The van der Waals surface area contributed by atoms with E-state index in [2.05, 4.69) is 0 Å². The Kier molecular flexibility index (Phi) is 7.13. The molecule has 0 saturated carbocycles. The number of halogens is 1. The summed E-state index contributed by atoms with van der Waals surface area (Å²) in [6.45, 7) is 0.594. The first-order valence-electron chi connectivity index (χ1n) is 9.27. The molecular weight excluding hydrogens is 416 g/mol. The van der Waals surface area contributed by atoms with Crippen molar-refractivity contribution < 1.29 is 23.2 Å². The maximum atomic E-state index is 12.9. The van der Waals surface area contributed by atoms with Gasteiger partial charge in [-0.2, -0.15) is 0 Å². The first kappa shape index (κ1) is 21.6. The molecule has 3 rings (SSSR count). The predicted octanol–water partition coefficient (Wildman–Crippen LogP) is 3.10. The molecule has 0 spiro atoms. The van der Waals surface area contributed by atoms with Crippen LogP contribution in [0.2, 0.25) is 5.02 Å². The van der Waals surface area contributed by atoms with Crippen LogP contribution in [0.5, 0.6) is 5.75 Å². The lowest BCUT2D eigenvalue weighted by molar-refractivity contribution is -0.159. The van der Waals surface area contributed by atoms with Crippen molar-refractivity contribution in [3.63, 3.8) is 0 Å². The van der Waals surface area contributed by atoms with E-state index < -0.39 is 21.8 Å². The molecule has 7 nitrogen and oxygen atoms in total. The minimum Gasteiger partial charge on any atom is -0.489 e. The molecule has 1 aliphatic rings. The lowest BCUT2D eigenvalue weighted by Gasteiger charge is -2.33. The normalized spacial score (nSPS) is 16.9. The number of carbonyl (C=O) groups is 1. The van der Waals surface area contributed by atoms with Gasteiger partial charge in [-0.05, 0) is 30.5 Å². The van der Waals surface area contributed by atoms with Crippen molar-refractivity contribution in [3.8, 4) is 5.75 Å². The zero-order chi connectivity index (χ0) is 20.9. The molecule has 0 bridgehead atoms. The average Bonchev–Trinajstić information content (AvgIpc) is 2.74. The fourth-order valence-electron chi connectivity index (χ4n) is 3.33. The summed E-state index contributed by atoms with van der Waals surface area (Å²) >= 11 is 6.12. The molecule has 9 heteroatoms. The molecule has 1 aliphatic heterocycles. The number of benzene rings is 2. The minimum absolute atomic E-state index is 0.129. The quantitative estimate of drug-likeness (QED) is 0.388. The molecule has 1 N–H and O–H groups in total. The highest BCUT2D eigenvalue weighted by atomic mass is 35.5. The van der Waals surface area contributed by atoms with Crippen molar-refractivity contribution in [2.75, 3.05) is 18.8 Å². The van der Waals surface area contributed by atoms with Crippen LogP contribution in [0.4, 0.5) is 0 Å². The molecule has 1 heterocycles. The third-order valence-corrected chi connectivity index (χ3v) is 7.11. The largest absolute Gasteiger partial charge is 0.489 e. The van der Waals surface area contributed by atoms with Crippen LogP contribution in [0.25, 0.3) is 0 Å². The Hall–Kier alpha value is -2.13. The first-order chi connectivity index (χ1) is 13.9. The number of hydroxylamine groups is 2. The van der Waals surface area contributed by atoms with E-state index in [1.807, 2.05) is 12.1 Å². The predicted molar refractivity (Wildman–Crippen MR) is 109 cm³/mol. The number of hydrogen-bond donors (Lipinski definition) is 1. The monoisotopic (exact) mass is 438 g/mol. The van der Waals surface area contributed by atoms with Gasteiger partial charge in [0.25, 0.3) is 0 Å². The Morgan fingerprint density at radius 3 is 2.38 bits per heavy atom. The van der Waals surface area contributed by atoms with Gasteiger partial charge in [-0.25, -0.2) is 17.8 Å². The molecule has 1 amide bonds. The number of carbonyl (C=O) groups excluding carboxylic acids is 1. The lowest BCUT2D eigenvalue weighted by Crippen LogP contribution is -2.44. The van der Waals surface area contributed by atoms with Gasteiger partial charge in [-0.15, -0.1) is 0 Å². The zero-order valence-electron chi connectivity index (χ0n) is 15.7. The summed E-state index contributed by atoms with van der Waals surface area (Å²) in [4.78, 5) is 11.1. The molecule has 156 valence electrons. The van der Waals surface area contributed by atoms with Crippen LogP contribution in [0, 0.1) is 0 Å². The number of rotatable bonds is 8. The molecule has 1 fully saturated rings. The van der Waals surface area contributed by atoms with Crippen LogP contribution in [0.1, 0.15) is 24.4 Å². The van der Waals surface area contributed by atoms with Gasteiger partial charge in [0.15, 0.2) is 0 Å². The van der Waals surface area contributed by atoms with E-state index in [4.69, 9.17) is 16.3 Å². The summed E-state index contributed by atoms with van der Waals surface area (Å²) in [5.41, 5.74) is 0.544. The lowest BCUT2D eigenvalue weighted by atomic mass is 10.1. The van der Waals surface area contributed by atoms with Crippen LogP contribution in [-0.4, -0.2) is 54.3 Å². The molecule has 0 radical (unpaired) electrons. The Morgan fingerprint density at radius 2 is 1.76 bits per heavy atom. The van der Waals surface area contributed by atoms with E-state index >= 15 is 0 Å². The van der Waals surface area contributed by atoms with Crippen LogP contribution in [0.15, 0.2) is 54.6 Å². The first-order valence-corrected chi connectivity index (χ1v) is 11.3. The third-order valence-electron chi connectivity index (χ3n) is 4.90. The van der Waals surface area contributed by atoms with E-state index in [9.17, 15) is 18.4 Å². The number of sulfonamides is 1. The molecular formula is C20H23ClN2O5S. The number of amides is 1. The Labute approximate surface area is 175 Å². The highest BCUT2D eigenvalue weighted by Gasteiger charge is 2.33. The number of piperidine rings is 1. The maximum absolute atomic E-state index is 12.9. The fraction of sp³-hybridized carbons (Fsp3) is 0.350. The van der Waals surface area contributed by atoms with E-state index in [0.717, 1.165) is 0 Å². The molecule has 2 aromatic carbocycles. The number of hydrogen-bond acceptors (Lipinski definition) is 5. The highest BCUT2D eigenvalue weighted by molar-refractivity contribution is 7.89. The van der Waals surface area contributed by atoms with Gasteiger partial charge >= 0.3 is 0 Å². The summed E-state index contributed by atoms with van der Waals surface area (Å²) < 4.78 is 33.1. The second-order valence-corrected chi connectivity index (χ2v) is 9.26. The van der Waals surface area contributed by atoms with E-state index in [-0.39, 0.29) is 12.5 Å². The van der Waals surface area contributed by atoms with Crippen molar-refractivity contribution in [1.29, 1.82) is 0 Å². The van der Waals surface area contributed by atoms with Crippen molar-refractivity contribution >= 4 is 28.0 Å². The number of para-hydroxylation sites is 1. The van der Waals surface area contributed by atoms with Crippen LogP contribution >= 0.6 is 11.6 Å². The average molecular weight is 439 g/mol. The molecule has 29 heavy (non-hydrogen) atoms. The second-order valence-electron chi connectivity index (χ2n) is 6.84. The molecule has 1 saturated heterocycles. The topological polar surface area (TPSA) is 87.2 Å². The smallest absolute Gasteiger partial charge is 0.233 e. The van der Waals surface area contributed by atoms with Gasteiger partial charge in [0.1, 0.15) is 11.9 Å². The van der Waals surface area contributed by atoms with Gasteiger partial charge in [-0.1, -0.05) is 54.1 Å². The van der Waals surface area contributed by atoms with Crippen LogP contribution < -0.4 is 4.74 Å². The van der Waals surface area contributed by atoms with Gasteiger partial charge in [0, 0.05) is 13.1 Å².